The minimum atomic E-state index is -0.487. The second-order valence-electron chi connectivity index (χ2n) is 7.14. The first kappa shape index (κ1) is 21.3. The predicted octanol–water partition coefficient (Wildman–Crippen LogP) is 1.87. The van der Waals surface area contributed by atoms with Crippen molar-refractivity contribution in [2.45, 2.75) is 0 Å². The highest BCUT2D eigenvalue weighted by Gasteiger charge is 2.30. The molecule has 0 saturated carbocycles. The third-order valence-electron chi connectivity index (χ3n) is 4.95. The minimum absolute atomic E-state index is 0.206. The summed E-state index contributed by atoms with van der Waals surface area (Å²) in [6.07, 6.45) is 1.55. The van der Waals surface area contributed by atoms with Gasteiger partial charge in [0, 0.05) is 19.9 Å². The number of amides is 3. The quantitative estimate of drug-likeness (QED) is 0.550. The van der Waals surface area contributed by atoms with Gasteiger partial charge in [0.05, 0.1) is 18.7 Å². The Morgan fingerprint density at radius 2 is 1.84 bits per heavy atom. The Morgan fingerprint density at radius 3 is 2.62 bits per heavy atom. The lowest BCUT2D eigenvalue weighted by molar-refractivity contribution is -0.125. The average Bonchev–Trinajstić information content (AvgIpc) is 2.91. The zero-order valence-corrected chi connectivity index (χ0v) is 17.5. The first-order chi connectivity index (χ1) is 15.6. The van der Waals surface area contributed by atoms with E-state index >= 15 is 0 Å². The van der Waals surface area contributed by atoms with Gasteiger partial charge in [0.1, 0.15) is 18.0 Å². The van der Waals surface area contributed by atoms with Crippen LogP contribution in [0.3, 0.4) is 0 Å². The van der Waals surface area contributed by atoms with Crippen LogP contribution in [0.1, 0.15) is 10.4 Å². The van der Waals surface area contributed by atoms with Crippen LogP contribution in [0.15, 0.2) is 54.7 Å². The lowest BCUT2D eigenvalue weighted by Crippen LogP contribution is -2.44. The molecule has 0 aliphatic carbocycles. The van der Waals surface area contributed by atoms with Crippen LogP contribution >= 0.6 is 0 Å². The van der Waals surface area contributed by atoms with Gasteiger partial charge in [0.25, 0.3) is 5.91 Å². The van der Waals surface area contributed by atoms with Gasteiger partial charge in [0.2, 0.25) is 17.7 Å². The van der Waals surface area contributed by atoms with E-state index in [-0.39, 0.29) is 24.9 Å². The summed E-state index contributed by atoms with van der Waals surface area (Å²) in [5.74, 6) is -0.634. The molecule has 0 spiro atoms. The van der Waals surface area contributed by atoms with Crippen LogP contribution in [0.25, 0.3) is 10.8 Å². The molecule has 0 radical (unpaired) electrons. The number of pyridine rings is 1. The molecule has 0 bridgehead atoms. The number of aromatic nitrogens is 1. The van der Waals surface area contributed by atoms with Crippen molar-refractivity contribution in [3.05, 3.63) is 60.3 Å². The van der Waals surface area contributed by atoms with Crippen molar-refractivity contribution in [3.8, 4) is 11.6 Å². The van der Waals surface area contributed by atoms with Gasteiger partial charge in [-0.3, -0.25) is 19.3 Å². The van der Waals surface area contributed by atoms with Crippen LogP contribution in [-0.4, -0.2) is 56.1 Å². The Bertz CT molecular complexity index is 1180. The van der Waals surface area contributed by atoms with E-state index < -0.39 is 11.8 Å². The first-order valence-corrected chi connectivity index (χ1v) is 10.1. The van der Waals surface area contributed by atoms with E-state index in [1.165, 1.54) is 12.0 Å². The van der Waals surface area contributed by atoms with Crippen LogP contribution in [0.5, 0.6) is 11.6 Å². The van der Waals surface area contributed by atoms with E-state index in [0.717, 1.165) is 10.8 Å². The van der Waals surface area contributed by atoms with Crippen LogP contribution < -0.4 is 20.3 Å². The van der Waals surface area contributed by atoms with Gasteiger partial charge in [-0.1, -0.05) is 24.3 Å². The molecule has 0 fully saturated rings. The second-order valence-corrected chi connectivity index (χ2v) is 7.14. The highest BCUT2D eigenvalue weighted by atomic mass is 16.5. The fraction of sp³-hybridized carbons (Fsp3) is 0.217. The number of carbonyl (C=O) groups excluding carboxylic acids is 3. The number of methoxy groups -OCH3 is 1. The Labute approximate surface area is 184 Å². The monoisotopic (exact) mass is 434 g/mol. The summed E-state index contributed by atoms with van der Waals surface area (Å²) < 4.78 is 10.8. The van der Waals surface area contributed by atoms with Gasteiger partial charge in [0.15, 0.2) is 0 Å². The summed E-state index contributed by atoms with van der Waals surface area (Å²) in [6.45, 7) is 0.220. The normalized spacial score (nSPS) is 12.4. The molecule has 3 aromatic rings. The molecule has 2 heterocycles. The Balaban J connectivity index is 1.57. The zero-order chi connectivity index (χ0) is 22.5. The fourth-order valence-corrected chi connectivity index (χ4v) is 3.39. The van der Waals surface area contributed by atoms with Gasteiger partial charge < -0.3 is 20.1 Å². The Morgan fingerprint density at radius 1 is 1.06 bits per heavy atom. The topological polar surface area (TPSA) is 110 Å². The van der Waals surface area contributed by atoms with E-state index in [0.29, 0.717) is 30.2 Å². The summed E-state index contributed by atoms with van der Waals surface area (Å²) in [6, 6.07) is 14.5. The van der Waals surface area contributed by atoms with E-state index in [1.54, 1.807) is 30.5 Å². The van der Waals surface area contributed by atoms with Gasteiger partial charge in [-0.25, -0.2) is 4.98 Å². The Kier molecular flexibility index (Phi) is 6.27. The minimum Gasteiger partial charge on any atom is -0.436 e. The molecule has 0 atom stereocenters. The highest BCUT2D eigenvalue weighted by molar-refractivity contribution is 6.13. The van der Waals surface area contributed by atoms with Crippen molar-refractivity contribution in [1.82, 2.24) is 15.6 Å². The molecule has 1 aromatic heterocycles. The van der Waals surface area contributed by atoms with Crippen molar-refractivity contribution >= 4 is 34.2 Å². The number of fused-ring (bicyclic) bond motifs is 3. The van der Waals surface area contributed by atoms with E-state index in [2.05, 4.69) is 15.6 Å². The molecule has 9 nitrogen and oxygen atoms in total. The summed E-state index contributed by atoms with van der Waals surface area (Å²) in [7, 11) is 1.53. The number of carbonyl (C=O) groups is 3. The number of nitrogens with zero attached hydrogens (tertiary/aromatic N) is 2. The van der Waals surface area contributed by atoms with E-state index in [9.17, 15) is 14.4 Å². The van der Waals surface area contributed by atoms with Crippen molar-refractivity contribution in [2.24, 2.45) is 0 Å². The third kappa shape index (κ3) is 4.52. The van der Waals surface area contributed by atoms with Crippen molar-refractivity contribution in [3.63, 3.8) is 0 Å². The molecule has 0 saturated heterocycles. The Hall–Kier alpha value is -3.98. The lowest BCUT2D eigenvalue weighted by Gasteiger charge is -2.21. The first-order valence-electron chi connectivity index (χ1n) is 10.1. The molecule has 3 amide bonds. The maximum absolute atomic E-state index is 13.4. The molecule has 9 heteroatoms. The van der Waals surface area contributed by atoms with Crippen LogP contribution in [0.4, 0.5) is 5.69 Å². The molecule has 2 N–H and O–H groups in total. The maximum Gasteiger partial charge on any atom is 0.262 e. The van der Waals surface area contributed by atoms with Crippen LogP contribution in [0.2, 0.25) is 0 Å². The SMILES string of the molecule is COCCNC(=O)CNC(=O)CN1C(=O)c2cc3ccccc3cc2Oc2ncccc21. The second kappa shape index (κ2) is 9.44. The molecule has 164 valence electrons. The van der Waals surface area contributed by atoms with Crippen molar-refractivity contribution < 1.29 is 23.9 Å². The number of benzene rings is 2. The molecule has 4 rings (SSSR count). The molecule has 2 aromatic carbocycles. The summed E-state index contributed by atoms with van der Waals surface area (Å²) in [5, 5.41) is 6.95. The third-order valence-corrected chi connectivity index (χ3v) is 4.95. The molecule has 0 unspecified atom stereocenters. The summed E-state index contributed by atoms with van der Waals surface area (Å²) >= 11 is 0. The number of hydrogen-bond donors (Lipinski definition) is 2. The largest absolute Gasteiger partial charge is 0.436 e. The lowest BCUT2D eigenvalue weighted by atomic mass is 10.0. The predicted molar refractivity (Wildman–Crippen MR) is 118 cm³/mol. The van der Waals surface area contributed by atoms with E-state index in [1.807, 2.05) is 24.3 Å². The summed E-state index contributed by atoms with van der Waals surface area (Å²) in [5.41, 5.74) is 0.698. The van der Waals surface area contributed by atoms with Crippen LogP contribution in [-0.2, 0) is 14.3 Å². The standard InChI is InChI=1S/C23H22N4O5/c1-31-10-9-24-20(28)13-26-21(29)14-27-18-7-4-8-25-22(18)32-19-12-16-6-3-2-5-15(16)11-17(19)23(27)30/h2-8,11-12H,9-10,13-14H2,1H3,(H,24,28)(H,26,29). The van der Waals surface area contributed by atoms with Gasteiger partial charge in [-0.05, 0) is 35.0 Å². The van der Waals surface area contributed by atoms with Gasteiger partial charge in [-0.15, -0.1) is 0 Å². The van der Waals surface area contributed by atoms with Crippen molar-refractivity contribution in [1.29, 1.82) is 0 Å². The number of ether oxygens (including phenoxy) is 2. The molecular weight excluding hydrogens is 412 g/mol. The van der Waals surface area contributed by atoms with Crippen molar-refractivity contribution in [2.75, 3.05) is 38.3 Å². The zero-order valence-electron chi connectivity index (χ0n) is 17.5. The molecule has 32 heavy (non-hydrogen) atoms. The smallest absolute Gasteiger partial charge is 0.262 e. The van der Waals surface area contributed by atoms with E-state index in [4.69, 9.17) is 9.47 Å². The van der Waals surface area contributed by atoms with Gasteiger partial charge >= 0.3 is 0 Å². The molecule has 1 aliphatic heterocycles. The number of rotatable bonds is 7. The highest BCUT2D eigenvalue weighted by Crippen LogP contribution is 2.38. The fourth-order valence-electron chi connectivity index (χ4n) is 3.39. The number of hydrogen-bond acceptors (Lipinski definition) is 6. The molecule has 1 aliphatic rings. The van der Waals surface area contributed by atoms with Crippen LogP contribution in [0, 0.1) is 0 Å². The maximum atomic E-state index is 13.4. The number of nitrogens with one attached hydrogen (secondary N) is 2. The average molecular weight is 434 g/mol. The summed E-state index contributed by atoms with van der Waals surface area (Å²) in [4.78, 5) is 43.4. The molecular formula is C23H22N4O5. The number of anilines is 1. The van der Waals surface area contributed by atoms with Gasteiger partial charge in [-0.2, -0.15) is 0 Å².